The molecule has 98 valence electrons. The molecule has 1 rings (SSSR count). The molecule has 0 bridgehead atoms. The summed E-state index contributed by atoms with van der Waals surface area (Å²) in [6.45, 7) is 8.16. The van der Waals surface area contributed by atoms with Crippen molar-refractivity contribution < 1.29 is 9.15 Å². The molecule has 0 saturated heterocycles. The minimum atomic E-state index is 0.179. The lowest BCUT2D eigenvalue weighted by Gasteiger charge is -2.20. The SMILES string of the molecule is CCOCC(Nc1nnc(CNC)o1)C(C)C. The minimum absolute atomic E-state index is 0.179. The summed E-state index contributed by atoms with van der Waals surface area (Å²) >= 11 is 0. The van der Waals surface area contributed by atoms with Crippen LogP contribution in [-0.2, 0) is 11.3 Å². The monoisotopic (exact) mass is 242 g/mol. The zero-order valence-corrected chi connectivity index (χ0v) is 11.0. The highest BCUT2D eigenvalue weighted by molar-refractivity contribution is 5.19. The number of nitrogens with zero attached hydrogens (tertiary/aromatic N) is 2. The fourth-order valence-electron chi connectivity index (χ4n) is 1.34. The van der Waals surface area contributed by atoms with Gasteiger partial charge in [0.25, 0.3) is 0 Å². The molecule has 1 heterocycles. The third-order valence-corrected chi connectivity index (χ3v) is 2.41. The molecule has 6 nitrogen and oxygen atoms in total. The second-order valence-corrected chi connectivity index (χ2v) is 4.19. The normalized spacial score (nSPS) is 13.0. The fourth-order valence-corrected chi connectivity index (χ4v) is 1.34. The van der Waals surface area contributed by atoms with E-state index in [1.807, 2.05) is 14.0 Å². The summed E-state index contributed by atoms with van der Waals surface area (Å²) in [4.78, 5) is 0. The number of ether oxygens (including phenoxy) is 1. The van der Waals surface area contributed by atoms with Crippen LogP contribution in [0, 0.1) is 5.92 Å². The molecule has 1 unspecified atom stereocenters. The predicted molar refractivity (Wildman–Crippen MR) is 65.8 cm³/mol. The quantitative estimate of drug-likeness (QED) is 0.715. The Balaban J connectivity index is 2.52. The lowest BCUT2D eigenvalue weighted by molar-refractivity contribution is 0.126. The summed E-state index contributed by atoms with van der Waals surface area (Å²) in [6, 6.07) is 0.631. The highest BCUT2D eigenvalue weighted by atomic mass is 16.5. The van der Waals surface area contributed by atoms with E-state index in [1.165, 1.54) is 0 Å². The van der Waals surface area contributed by atoms with Gasteiger partial charge >= 0.3 is 6.01 Å². The van der Waals surface area contributed by atoms with Crippen molar-refractivity contribution in [3.05, 3.63) is 5.89 Å². The first kappa shape index (κ1) is 13.9. The standard InChI is InChI=1S/C11H22N4O2/c1-5-16-7-9(8(2)3)13-11-15-14-10(17-11)6-12-4/h8-9,12H,5-7H2,1-4H3,(H,13,15). The van der Waals surface area contributed by atoms with E-state index in [-0.39, 0.29) is 6.04 Å². The van der Waals surface area contributed by atoms with Gasteiger partial charge < -0.3 is 19.8 Å². The first-order chi connectivity index (χ1) is 8.17. The third kappa shape index (κ3) is 4.70. The Morgan fingerprint density at radius 1 is 1.35 bits per heavy atom. The van der Waals surface area contributed by atoms with Gasteiger partial charge in [-0.15, -0.1) is 5.10 Å². The van der Waals surface area contributed by atoms with E-state index in [1.54, 1.807) is 0 Å². The Labute approximate surface area is 102 Å². The lowest BCUT2D eigenvalue weighted by atomic mass is 10.1. The van der Waals surface area contributed by atoms with E-state index in [0.29, 0.717) is 37.6 Å². The van der Waals surface area contributed by atoms with E-state index < -0.39 is 0 Å². The Bertz CT molecular complexity index is 314. The van der Waals surface area contributed by atoms with Crippen LogP contribution in [0.25, 0.3) is 0 Å². The molecule has 0 saturated carbocycles. The third-order valence-electron chi connectivity index (χ3n) is 2.41. The molecule has 0 fully saturated rings. The molecule has 6 heteroatoms. The first-order valence-corrected chi connectivity index (χ1v) is 5.98. The average Bonchev–Trinajstić information content (AvgIpc) is 2.72. The number of hydrogen-bond acceptors (Lipinski definition) is 6. The van der Waals surface area contributed by atoms with Gasteiger partial charge in [-0.3, -0.25) is 0 Å². The Hall–Kier alpha value is -1.14. The van der Waals surface area contributed by atoms with Crippen molar-refractivity contribution >= 4 is 6.01 Å². The van der Waals surface area contributed by atoms with Gasteiger partial charge in [-0.2, -0.15) is 0 Å². The maximum absolute atomic E-state index is 5.43. The molecule has 1 aromatic rings. The molecular weight excluding hydrogens is 220 g/mol. The van der Waals surface area contributed by atoms with E-state index in [4.69, 9.17) is 9.15 Å². The largest absolute Gasteiger partial charge is 0.407 e. The van der Waals surface area contributed by atoms with Crippen LogP contribution in [0.2, 0.25) is 0 Å². The molecule has 2 N–H and O–H groups in total. The summed E-state index contributed by atoms with van der Waals surface area (Å²) < 4.78 is 10.9. The van der Waals surface area contributed by atoms with E-state index in [9.17, 15) is 0 Å². The van der Waals surface area contributed by atoms with Crippen molar-refractivity contribution in [2.45, 2.75) is 33.4 Å². The maximum atomic E-state index is 5.43. The van der Waals surface area contributed by atoms with Crippen LogP contribution in [0.4, 0.5) is 6.01 Å². The molecule has 1 atom stereocenters. The van der Waals surface area contributed by atoms with E-state index in [0.717, 1.165) is 0 Å². The fraction of sp³-hybridized carbons (Fsp3) is 0.818. The molecule has 0 aliphatic heterocycles. The summed E-state index contributed by atoms with van der Waals surface area (Å²) in [7, 11) is 1.84. The van der Waals surface area contributed by atoms with E-state index >= 15 is 0 Å². The number of aromatic nitrogens is 2. The van der Waals surface area contributed by atoms with Gasteiger partial charge in [0.05, 0.1) is 19.2 Å². The second kappa shape index (κ2) is 7.24. The predicted octanol–water partition coefficient (Wildman–Crippen LogP) is 1.26. The Kier molecular flexibility index (Phi) is 5.93. The molecular formula is C11H22N4O2. The summed E-state index contributed by atoms with van der Waals surface area (Å²) in [5.74, 6) is 1.01. The van der Waals surface area contributed by atoms with E-state index in [2.05, 4.69) is 34.7 Å². The number of rotatable bonds is 8. The first-order valence-electron chi connectivity index (χ1n) is 5.98. The van der Waals surface area contributed by atoms with Crippen LogP contribution < -0.4 is 10.6 Å². The van der Waals surface area contributed by atoms with Crippen molar-refractivity contribution in [2.24, 2.45) is 5.92 Å². The second-order valence-electron chi connectivity index (χ2n) is 4.19. The number of nitrogens with one attached hydrogen (secondary N) is 2. The van der Waals surface area contributed by atoms with Crippen molar-refractivity contribution in [3.63, 3.8) is 0 Å². The number of anilines is 1. The average molecular weight is 242 g/mol. The van der Waals surface area contributed by atoms with Gasteiger partial charge in [-0.05, 0) is 19.9 Å². The van der Waals surface area contributed by atoms with Crippen LogP contribution in [0.15, 0.2) is 4.42 Å². The van der Waals surface area contributed by atoms with Crippen LogP contribution in [0.3, 0.4) is 0 Å². The minimum Gasteiger partial charge on any atom is -0.407 e. The van der Waals surface area contributed by atoms with Gasteiger partial charge in [0, 0.05) is 6.61 Å². The zero-order valence-electron chi connectivity index (χ0n) is 11.0. The molecule has 0 amide bonds. The van der Waals surface area contributed by atoms with Gasteiger partial charge in [0.2, 0.25) is 5.89 Å². The summed E-state index contributed by atoms with van der Waals surface area (Å²) in [5, 5.41) is 14.0. The molecule has 1 aromatic heterocycles. The topological polar surface area (TPSA) is 72.2 Å². The van der Waals surface area contributed by atoms with Gasteiger partial charge in [-0.1, -0.05) is 18.9 Å². The lowest BCUT2D eigenvalue weighted by Crippen LogP contribution is -2.31. The zero-order chi connectivity index (χ0) is 12.7. The van der Waals surface area contributed by atoms with Crippen LogP contribution >= 0.6 is 0 Å². The van der Waals surface area contributed by atoms with Crippen LogP contribution in [-0.4, -0.2) is 36.5 Å². The van der Waals surface area contributed by atoms with Crippen LogP contribution in [0.5, 0.6) is 0 Å². The van der Waals surface area contributed by atoms with Crippen molar-refractivity contribution in [2.75, 3.05) is 25.6 Å². The highest BCUT2D eigenvalue weighted by Crippen LogP contribution is 2.12. The Morgan fingerprint density at radius 2 is 2.12 bits per heavy atom. The van der Waals surface area contributed by atoms with Gasteiger partial charge in [-0.25, -0.2) is 0 Å². The molecule has 0 aliphatic carbocycles. The molecule has 0 spiro atoms. The molecule has 0 radical (unpaired) electrons. The van der Waals surface area contributed by atoms with Crippen LogP contribution in [0.1, 0.15) is 26.7 Å². The van der Waals surface area contributed by atoms with Gasteiger partial charge in [0.15, 0.2) is 0 Å². The highest BCUT2D eigenvalue weighted by Gasteiger charge is 2.16. The summed E-state index contributed by atoms with van der Waals surface area (Å²) in [6.07, 6.45) is 0. The molecule has 0 aliphatic rings. The van der Waals surface area contributed by atoms with Crippen molar-refractivity contribution in [3.8, 4) is 0 Å². The number of hydrogen-bond donors (Lipinski definition) is 2. The maximum Gasteiger partial charge on any atom is 0.315 e. The Morgan fingerprint density at radius 3 is 2.71 bits per heavy atom. The van der Waals surface area contributed by atoms with Gasteiger partial charge in [0.1, 0.15) is 0 Å². The smallest absolute Gasteiger partial charge is 0.315 e. The van der Waals surface area contributed by atoms with Crippen molar-refractivity contribution in [1.82, 2.24) is 15.5 Å². The molecule has 0 aromatic carbocycles. The summed E-state index contributed by atoms with van der Waals surface area (Å²) in [5.41, 5.74) is 0. The van der Waals surface area contributed by atoms with Crippen molar-refractivity contribution in [1.29, 1.82) is 0 Å². The molecule has 17 heavy (non-hydrogen) atoms.